The second-order valence-electron chi connectivity index (χ2n) is 5.05. The molecule has 1 amide bonds. The number of nitrogens with zero attached hydrogens (tertiary/aromatic N) is 1. The van der Waals surface area contributed by atoms with Crippen LogP contribution in [0.5, 0.6) is 0 Å². The second kappa shape index (κ2) is 8.13. The van der Waals surface area contributed by atoms with Crippen LogP contribution in [-0.4, -0.2) is 45.1 Å². The van der Waals surface area contributed by atoms with Crippen molar-refractivity contribution in [3.8, 4) is 0 Å². The normalized spacial score (nSPS) is 13.4. The fourth-order valence-corrected chi connectivity index (χ4v) is 1.96. The number of hydrogen-bond acceptors (Lipinski definition) is 4. The van der Waals surface area contributed by atoms with Gasteiger partial charge in [-0.25, -0.2) is 14.3 Å². The highest BCUT2D eigenvalue weighted by Gasteiger charge is 2.22. The van der Waals surface area contributed by atoms with Gasteiger partial charge >= 0.3 is 11.9 Å². The van der Waals surface area contributed by atoms with Crippen molar-refractivity contribution in [1.82, 2.24) is 10.3 Å². The van der Waals surface area contributed by atoms with E-state index in [1.807, 2.05) is 0 Å². The third-order valence-corrected chi connectivity index (χ3v) is 3.09. The van der Waals surface area contributed by atoms with Gasteiger partial charge < -0.3 is 21.3 Å². The van der Waals surface area contributed by atoms with Gasteiger partial charge in [0.1, 0.15) is 24.0 Å². The zero-order chi connectivity index (χ0) is 16.7. The number of aromatic amines is 1. The Morgan fingerprint density at radius 3 is 2.59 bits per heavy atom. The minimum absolute atomic E-state index is 0.135. The van der Waals surface area contributed by atoms with E-state index in [4.69, 9.17) is 15.9 Å². The minimum atomic E-state index is -1.11. The van der Waals surface area contributed by atoms with Gasteiger partial charge in [0, 0.05) is 13.3 Å². The number of rotatable bonds is 9. The van der Waals surface area contributed by atoms with Gasteiger partial charge in [0.2, 0.25) is 12.2 Å². The zero-order valence-electron chi connectivity index (χ0n) is 12.3. The van der Waals surface area contributed by atoms with E-state index < -0.39 is 29.9 Å². The summed E-state index contributed by atoms with van der Waals surface area (Å²) in [4.78, 5) is 35.5. The molecule has 22 heavy (non-hydrogen) atoms. The number of carbonyl (C=O) groups is 3. The largest absolute Gasteiger partial charge is 0.480 e. The molecule has 1 heterocycles. The summed E-state index contributed by atoms with van der Waals surface area (Å²) in [5.74, 6) is -2.54. The van der Waals surface area contributed by atoms with E-state index in [-0.39, 0.29) is 6.42 Å². The molecule has 0 saturated carbocycles. The van der Waals surface area contributed by atoms with Gasteiger partial charge in [0.05, 0.1) is 6.54 Å². The van der Waals surface area contributed by atoms with Gasteiger partial charge in [-0.15, -0.1) is 0 Å². The van der Waals surface area contributed by atoms with Crippen LogP contribution in [0.25, 0.3) is 0 Å². The molecule has 1 aromatic heterocycles. The predicted molar refractivity (Wildman–Crippen MR) is 74.8 cm³/mol. The number of aliphatic carboxylic acids is 2. The lowest BCUT2D eigenvalue weighted by Gasteiger charge is -2.10. The van der Waals surface area contributed by atoms with Crippen molar-refractivity contribution in [2.45, 2.75) is 44.8 Å². The number of amides is 1. The van der Waals surface area contributed by atoms with Crippen LogP contribution in [0.15, 0.2) is 12.5 Å². The molecule has 122 valence electrons. The molecule has 0 fully saturated rings. The smallest absolute Gasteiger partial charge is 0.326 e. The molecule has 0 aromatic carbocycles. The number of aryl methyl sites for hydroxylation is 1. The first kappa shape index (κ1) is 17.6. The van der Waals surface area contributed by atoms with Gasteiger partial charge in [-0.05, 0) is 12.8 Å². The van der Waals surface area contributed by atoms with Crippen LogP contribution in [0.1, 0.15) is 25.5 Å². The highest BCUT2D eigenvalue weighted by atomic mass is 16.4. The van der Waals surface area contributed by atoms with Crippen molar-refractivity contribution in [3.63, 3.8) is 0 Å². The highest BCUT2D eigenvalue weighted by molar-refractivity contribution is 5.82. The maximum atomic E-state index is 11.1. The number of carbonyl (C=O) groups excluding carboxylic acids is 1. The lowest BCUT2D eigenvalue weighted by atomic mass is 10.1. The molecule has 0 bridgehead atoms. The highest BCUT2D eigenvalue weighted by Crippen LogP contribution is 2.00. The van der Waals surface area contributed by atoms with Gasteiger partial charge in [-0.2, -0.15) is 0 Å². The summed E-state index contributed by atoms with van der Waals surface area (Å²) in [5.41, 5.74) is 6.07. The molecule has 9 heteroatoms. The number of carboxylic acids is 2. The van der Waals surface area contributed by atoms with Gasteiger partial charge in [-0.3, -0.25) is 9.59 Å². The van der Waals surface area contributed by atoms with E-state index >= 15 is 0 Å². The summed E-state index contributed by atoms with van der Waals surface area (Å²) >= 11 is 0. The van der Waals surface area contributed by atoms with Crippen molar-refractivity contribution < 1.29 is 29.2 Å². The average molecular weight is 313 g/mol. The molecule has 0 spiro atoms. The van der Waals surface area contributed by atoms with Crippen LogP contribution in [0.4, 0.5) is 0 Å². The molecule has 0 aliphatic rings. The van der Waals surface area contributed by atoms with E-state index in [2.05, 4.69) is 10.3 Å². The molecule has 0 saturated heterocycles. The van der Waals surface area contributed by atoms with Crippen LogP contribution >= 0.6 is 0 Å². The fourth-order valence-electron chi connectivity index (χ4n) is 1.96. The summed E-state index contributed by atoms with van der Waals surface area (Å²) in [6.45, 7) is 1.83. The molecule has 1 rings (SSSR count). The topological polar surface area (TPSA) is 149 Å². The first-order valence-electron chi connectivity index (χ1n) is 6.84. The third-order valence-electron chi connectivity index (χ3n) is 3.09. The molecule has 6 N–H and O–H groups in total. The Hall–Kier alpha value is -2.42. The molecular formula is C13H21N4O5+. The second-order valence-corrected chi connectivity index (χ2v) is 5.05. The number of carboxylic acid groups (broad SMARTS) is 2. The summed E-state index contributed by atoms with van der Waals surface area (Å²) in [6.07, 6.45) is 4.46. The van der Waals surface area contributed by atoms with E-state index in [1.54, 1.807) is 17.1 Å². The average Bonchev–Trinajstić information content (AvgIpc) is 2.84. The van der Waals surface area contributed by atoms with E-state index in [0.29, 0.717) is 25.1 Å². The maximum Gasteiger partial charge on any atom is 0.326 e. The maximum absolute atomic E-state index is 11.1. The number of nitrogens with two attached hydrogens (primary N) is 1. The lowest BCUT2D eigenvalue weighted by molar-refractivity contribution is -0.696. The van der Waals surface area contributed by atoms with Crippen molar-refractivity contribution >= 4 is 17.8 Å². The van der Waals surface area contributed by atoms with Crippen molar-refractivity contribution in [1.29, 1.82) is 0 Å². The van der Waals surface area contributed by atoms with Crippen LogP contribution in [0.2, 0.25) is 0 Å². The minimum Gasteiger partial charge on any atom is -0.480 e. The van der Waals surface area contributed by atoms with Crippen molar-refractivity contribution in [2.24, 2.45) is 5.73 Å². The summed E-state index contributed by atoms with van der Waals surface area (Å²) in [6, 6.07) is -1.87. The van der Waals surface area contributed by atoms with Gasteiger partial charge in [-0.1, -0.05) is 0 Å². The lowest BCUT2D eigenvalue weighted by Crippen LogP contribution is -2.41. The number of hydrogen-bond donors (Lipinski definition) is 5. The molecule has 0 radical (unpaired) electrons. The molecule has 1 aromatic rings. The van der Waals surface area contributed by atoms with Crippen molar-refractivity contribution in [2.75, 3.05) is 0 Å². The first-order valence-corrected chi connectivity index (χ1v) is 6.84. The van der Waals surface area contributed by atoms with E-state index in [9.17, 15) is 14.4 Å². The van der Waals surface area contributed by atoms with Crippen LogP contribution < -0.4 is 15.6 Å². The van der Waals surface area contributed by atoms with Crippen molar-refractivity contribution in [3.05, 3.63) is 18.2 Å². The molecule has 0 aliphatic carbocycles. The van der Waals surface area contributed by atoms with Gasteiger partial charge in [0.15, 0.2) is 0 Å². The number of H-pyrrole nitrogens is 1. The molecule has 9 nitrogen and oxygen atoms in total. The monoisotopic (exact) mass is 313 g/mol. The molecular weight excluding hydrogens is 292 g/mol. The summed E-state index contributed by atoms with van der Waals surface area (Å²) < 4.78 is 1.79. The quantitative estimate of drug-likeness (QED) is 0.355. The number of imidazole rings is 1. The predicted octanol–water partition coefficient (Wildman–Crippen LogP) is -1.37. The van der Waals surface area contributed by atoms with Crippen LogP contribution in [0.3, 0.4) is 0 Å². The fraction of sp³-hybridized carbons (Fsp3) is 0.538. The van der Waals surface area contributed by atoms with Crippen LogP contribution in [-0.2, 0) is 27.3 Å². The summed E-state index contributed by atoms with van der Waals surface area (Å²) in [7, 11) is 0. The standard InChI is InChI=1S/C13H20N4O5/c1-8(18)16-11(13(21)22)5-9-6-17(7-15-9)4-2-3-10(14)12(19)20/h6-7,10-11H,2-5,14H2,1H3,(H3,16,18,19,20,21,22)/p+1/t10-,11-/m0/s1. The molecule has 0 aliphatic heterocycles. The summed E-state index contributed by atoms with van der Waals surface area (Å²) in [5, 5.41) is 20.1. The Morgan fingerprint density at radius 2 is 2.05 bits per heavy atom. The van der Waals surface area contributed by atoms with Crippen LogP contribution in [0, 0.1) is 0 Å². The Bertz CT molecular complexity index is 542. The SMILES string of the molecule is CC(=O)N[C@@H](Cc1c[n+](CCC[C@H](N)C(=O)O)c[nH]1)C(=O)O. The first-order chi connectivity index (χ1) is 10.3. The van der Waals surface area contributed by atoms with E-state index in [0.717, 1.165) is 0 Å². The Labute approximate surface area is 127 Å². The molecule has 0 unspecified atom stereocenters. The van der Waals surface area contributed by atoms with E-state index in [1.165, 1.54) is 6.92 Å². The Morgan fingerprint density at radius 1 is 1.36 bits per heavy atom. The van der Waals surface area contributed by atoms with Gasteiger partial charge in [0.25, 0.3) is 0 Å². The zero-order valence-corrected chi connectivity index (χ0v) is 12.3. The Kier molecular flexibility index (Phi) is 6.51. The Balaban J connectivity index is 2.51. The third kappa shape index (κ3) is 5.92. The molecule has 2 atom stereocenters. The number of nitrogens with one attached hydrogen (secondary N) is 2. The number of aromatic nitrogens is 2.